The molecular formula is C25H24N4OS. The van der Waals surface area contributed by atoms with Crippen LogP contribution in [0.2, 0.25) is 0 Å². The van der Waals surface area contributed by atoms with Gasteiger partial charge >= 0.3 is 0 Å². The minimum absolute atomic E-state index is 0.0550. The summed E-state index contributed by atoms with van der Waals surface area (Å²) in [6.07, 6.45) is 5.83. The highest BCUT2D eigenvalue weighted by molar-refractivity contribution is 7.09. The number of benzene rings is 2. The second-order valence-electron chi connectivity index (χ2n) is 7.90. The Morgan fingerprint density at radius 3 is 2.58 bits per heavy atom. The van der Waals surface area contributed by atoms with Gasteiger partial charge in [-0.2, -0.15) is 5.10 Å². The van der Waals surface area contributed by atoms with Crippen LogP contribution in [0.5, 0.6) is 0 Å². The Hall–Kier alpha value is -3.25. The van der Waals surface area contributed by atoms with Gasteiger partial charge in [-0.05, 0) is 18.4 Å². The molecule has 5 nitrogen and oxygen atoms in total. The topological polar surface area (TPSA) is 51.0 Å². The number of aromatic nitrogens is 3. The van der Waals surface area contributed by atoms with Crippen molar-refractivity contribution in [3.63, 3.8) is 0 Å². The van der Waals surface area contributed by atoms with Crippen molar-refractivity contribution < 1.29 is 4.79 Å². The molecule has 156 valence electrons. The molecule has 4 aromatic rings. The van der Waals surface area contributed by atoms with Crippen LogP contribution in [0, 0.1) is 0 Å². The highest BCUT2D eigenvalue weighted by Gasteiger charge is 2.29. The van der Waals surface area contributed by atoms with Crippen molar-refractivity contribution in [2.75, 3.05) is 13.1 Å². The van der Waals surface area contributed by atoms with E-state index in [2.05, 4.69) is 17.1 Å². The number of carbonyl (C=O) groups is 1. The number of nitrogens with zero attached hydrogens (tertiary/aromatic N) is 4. The number of rotatable bonds is 5. The summed E-state index contributed by atoms with van der Waals surface area (Å²) in [4.78, 5) is 20.1. The number of amides is 1. The lowest BCUT2D eigenvalue weighted by atomic mass is 9.97. The standard InChI is InChI=1S/C25H24N4OS/c30-25(28-14-7-12-21(17-28)24-26-13-15-31-24)22-18-29(16-19-8-3-1-4-9-19)27-23(22)20-10-5-2-6-11-20/h1-6,8-11,13,15,18,21H,7,12,14,16-17H2. The lowest BCUT2D eigenvalue weighted by Gasteiger charge is -2.31. The number of likely N-dealkylation sites (tertiary alicyclic amines) is 1. The molecule has 0 N–H and O–H groups in total. The number of thiazole rings is 1. The van der Waals surface area contributed by atoms with Gasteiger partial charge in [-0.1, -0.05) is 60.7 Å². The van der Waals surface area contributed by atoms with Gasteiger partial charge in [-0.3, -0.25) is 9.48 Å². The molecule has 0 saturated carbocycles. The fraction of sp³-hybridized carbons (Fsp3) is 0.240. The molecule has 3 heterocycles. The van der Waals surface area contributed by atoms with Crippen molar-refractivity contribution in [3.05, 3.63) is 94.6 Å². The zero-order valence-corrected chi connectivity index (χ0v) is 18.0. The van der Waals surface area contributed by atoms with Gasteiger partial charge in [0.05, 0.1) is 17.1 Å². The molecule has 1 unspecified atom stereocenters. The maximum atomic E-state index is 13.6. The van der Waals surface area contributed by atoms with Crippen LogP contribution < -0.4 is 0 Å². The minimum atomic E-state index is 0.0550. The Bertz CT molecular complexity index is 1140. The molecule has 31 heavy (non-hydrogen) atoms. The van der Waals surface area contributed by atoms with E-state index in [1.165, 1.54) is 0 Å². The molecule has 1 atom stereocenters. The Labute approximate surface area is 186 Å². The third-order valence-electron chi connectivity index (χ3n) is 5.74. The van der Waals surface area contributed by atoms with Gasteiger partial charge < -0.3 is 4.90 Å². The molecular weight excluding hydrogens is 404 g/mol. The van der Waals surface area contributed by atoms with Crippen LogP contribution in [0.15, 0.2) is 78.4 Å². The van der Waals surface area contributed by atoms with Crippen LogP contribution >= 0.6 is 11.3 Å². The minimum Gasteiger partial charge on any atom is -0.338 e. The van der Waals surface area contributed by atoms with Crippen molar-refractivity contribution in [1.82, 2.24) is 19.7 Å². The fourth-order valence-electron chi connectivity index (χ4n) is 4.21. The van der Waals surface area contributed by atoms with Gasteiger partial charge in [-0.15, -0.1) is 11.3 Å². The summed E-state index contributed by atoms with van der Waals surface area (Å²) in [5.74, 6) is 0.372. The monoisotopic (exact) mass is 428 g/mol. The van der Waals surface area contributed by atoms with E-state index in [4.69, 9.17) is 5.10 Å². The first-order valence-corrected chi connectivity index (χ1v) is 11.5. The highest BCUT2D eigenvalue weighted by Crippen LogP contribution is 2.30. The first-order chi connectivity index (χ1) is 15.3. The zero-order chi connectivity index (χ0) is 21.0. The molecule has 2 aromatic heterocycles. The summed E-state index contributed by atoms with van der Waals surface area (Å²) in [5.41, 5.74) is 3.54. The number of hydrogen-bond donors (Lipinski definition) is 0. The lowest BCUT2D eigenvalue weighted by molar-refractivity contribution is 0.0707. The van der Waals surface area contributed by atoms with Crippen molar-refractivity contribution in [2.24, 2.45) is 0 Å². The molecule has 1 aliphatic heterocycles. The van der Waals surface area contributed by atoms with E-state index >= 15 is 0 Å². The van der Waals surface area contributed by atoms with E-state index in [0.717, 1.165) is 41.2 Å². The molecule has 6 heteroatoms. The quantitative estimate of drug-likeness (QED) is 0.446. The molecule has 2 aromatic carbocycles. The van der Waals surface area contributed by atoms with E-state index in [1.807, 2.05) is 75.9 Å². The van der Waals surface area contributed by atoms with Gasteiger partial charge in [0.25, 0.3) is 5.91 Å². The molecule has 1 saturated heterocycles. The molecule has 0 radical (unpaired) electrons. The normalized spacial score (nSPS) is 16.4. The van der Waals surface area contributed by atoms with Gasteiger partial charge in [0.15, 0.2) is 0 Å². The molecule has 0 aliphatic carbocycles. The highest BCUT2D eigenvalue weighted by atomic mass is 32.1. The van der Waals surface area contributed by atoms with Crippen molar-refractivity contribution >= 4 is 17.2 Å². The van der Waals surface area contributed by atoms with Crippen molar-refractivity contribution in [3.8, 4) is 11.3 Å². The van der Waals surface area contributed by atoms with Crippen LogP contribution in [0.1, 0.15) is 39.7 Å². The Morgan fingerprint density at radius 1 is 1.06 bits per heavy atom. The predicted octanol–water partition coefficient (Wildman–Crippen LogP) is 5.07. The Balaban J connectivity index is 1.45. The summed E-state index contributed by atoms with van der Waals surface area (Å²) in [6.45, 7) is 2.12. The van der Waals surface area contributed by atoms with Gasteiger partial charge in [0.2, 0.25) is 0 Å². The molecule has 0 bridgehead atoms. The first kappa shape index (κ1) is 19.7. The summed E-state index contributed by atoms with van der Waals surface area (Å²) in [6, 6.07) is 20.2. The number of carbonyl (C=O) groups excluding carboxylic acids is 1. The Kier molecular flexibility index (Phi) is 5.63. The average molecular weight is 429 g/mol. The van der Waals surface area contributed by atoms with Crippen molar-refractivity contribution in [2.45, 2.75) is 25.3 Å². The van der Waals surface area contributed by atoms with E-state index in [1.54, 1.807) is 11.3 Å². The van der Waals surface area contributed by atoms with E-state index in [-0.39, 0.29) is 5.91 Å². The van der Waals surface area contributed by atoms with Crippen molar-refractivity contribution in [1.29, 1.82) is 0 Å². The number of piperidine rings is 1. The van der Waals surface area contributed by atoms with E-state index < -0.39 is 0 Å². The predicted molar refractivity (Wildman–Crippen MR) is 123 cm³/mol. The lowest BCUT2D eigenvalue weighted by Crippen LogP contribution is -2.39. The summed E-state index contributed by atoms with van der Waals surface area (Å²) in [5, 5.41) is 7.96. The second-order valence-corrected chi connectivity index (χ2v) is 8.83. The fourth-order valence-corrected chi connectivity index (χ4v) is 4.98. The Morgan fingerprint density at radius 2 is 1.84 bits per heavy atom. The summed E-state index contributed by atoms with van der Waals surface area (Å²) >= 11 is 1.68. The summed E-state index contributed by atoms with van der Waals surface area (Å²) < 4.78 is 1.88. The zero-order valence-electron chi connectivity index (χ0n) is 17.2. The maximum Gasteiger partial charge on any atom is 0.257 e. The first-order valence-electron chi connectivity index (χ1n) is 10.6. The third kappa shape index (κ3) is 4.30. The molecule has 1 aliphatic rings. The summed E-state index contributed by atoms with van der Waals surface area (Å²) in [7, 11) is 0. The van der Waals surface area contributed by atoms with Crippen LogP contribution in [-0.4, -0.2) is 38.7 Å². The van der Waals surface area contributed by atoms with E-state index in [0.29, 0.717) is 24.6 Å². The van der Waals surface area contributed by atoms with Gasteiger partial charge in [0.1, 0.15) is 5.69 Å². The maximum absolute atomic E-state index is 13.6. The van der Waals surface area contributed by atoms with Crippen LogP contribution in [0.3, 0.4) is 0 Å². The van der Waals surface area contributed by atoms with Gasteiger partial charge in [-0.25, -0.2) is 4.98 Å². The average Bonchev–Trinajstić information content (AvgIpc) is 3.51. The van der Waals surface area contributed by atoms with Crippen LogP contribution in [0.4, 0.5) is 0 Å². The SMILES string of the molecule is O=C(c1cn(Cc2ccccc2)nc1-c1ccccc1)N1CCCC(c2nccs2)C1. The smallest absolute Gasteiger partial charge is 0.257 e. The molecule has 5 rings (SSSR count). The third-order valence-corrected chi connectivity index (χ3v) is 6.67. The van der Waals surface area contributed by atoms with Gasteiger partial charge in [0, 0.05) is 42.3 Å². The van der Waals surface area contributed by atoms with Crippen LogP contribution in [0.25, 0.3) is 11.3 Å². The number of hydrogen-bond acceptors (Lipinski definition) is 4. The molecule has 1 fully saturated rings. The van der Waals surface area contributed by atoms with Crippen LogP contribution in [-0.2, 0) is 6.54 Å². The second kappa shape index (κ2) is 8.86. The molecule has 1 amide bonds. The van der Waals surface area contributed by atoms with E-state index in [9.17, 15) is 4.79 Å². The molecule has 0 spiro atoms. The largest absolute Gasteiger partial charge is 0.338 e.